The summed E-state index contributed by atoms with van der Waals surface area (Å²) < 4.78 is 0. The Balaban J connectivity index is 2.28. The van der Waals surface area contributed by atoms with E-state index in [0.29, 0.717) is 16.7 Å². The van der Waals surface area contributed by atoms with Crippen molar-refractivity contribution in [3.05, 3.63) is 57.4 Å². The Morgan fingerprint density at radius 2 is 1.62 bits per heavy atom. The van der Waals surface area contributed by atoms with E-state index in [-0.39, 0.29) is 11.6 Å². The highest BCUT2D eigenvalue weighted by Crippen LogP contribution is 2.46. The van der Waals surface area contributed by atoms with Crippen LogP contribution in [-0.4, -0.2) is 17.8 Å². The lowest BCUT2D eigenvalue weighted by Gasteiger charge is -2.19. The maximum Gasteiger partial charge on any atom is 0.199 e. The van der Waals surface area contributed by atoms with Crippen molar-refractivity contribution in [3.63, 3.8) is 0 Å². The molecule has 0 spiro atoms. The molecule has 1 heterocycles. The van der Waals surface area contributed by atoms with E-state index in [1.807, 2.05) is 11.7 Å². The van der Waals surface area contributed by atoms with Crippen LogP contribution in [0.5, 0.6) is 0 Å². The van der Waals surface area contributed by atoms with Gasteiger partial charge in [0.05, 0.1) is 4.91 Å². The van der Waals surface area contributed by atoms with E-state index in [9.17, 15) is 9.59 Å². The second-order valence-electron chi connectivity index (χ2n) is 3.89. The first-order chi connectivity index (χ1) is 7.70. The molecule has 2 nitrogen and oxygen atoms in total. The monoisotopic (exact) mass is 230 g/mol. The van der Waals surface area contributed by atoms with Crippen molar-refractivity contribution in [2.24, 2.45) is 0 Å². The first kappa shape index (κ1) is 9.60. The number of rotatable bonds is 0. The molecule has 0 bridgehead atoms. The normalized spacial score (nSPS) is 24.7. The zero-order chi connectivity index (χ0) is 11.3. The molecule has 0 aromatic heterocycles. The van der Waals surface area contributed by atoms with E-state index in [2.05, 4.69) is 0 Å². The second-order valence-corrected chi connectivity index (χ2v) is 5.86. The number of thiol groups is 1. The maximum absolute atomic E-state index is 12.2. The van der Waals surface area contributed by atoms with Crippen LogP contribution in [0.4, 0.5) is 0 Å². The van der Waals surface area contributed by atoms with Gasteiger partial charge in [-0.3, -0.25) is 9.59 Å². The summed E-state index contributed by atoms with van der Waals surface area (Å²) in [6.45, 7) is 0. The van der Waals surface area contributed by atoms with Crippen molar-refractivity contribution in [2.45, 2.75) is 0 Å². The number of carbonyl (C=O) groups excluding carboxylic acids is 2. The van der Waals surface area contributed by atoms with Gasteiger partial charge >= 0.3 is 0 Å². The summed E-state index contributed by atoms with van der Waals surface area (Å²) in [6, 6.07) is 7.06. The van der Waals surface area contributed by atoms with Crippen molar-refractivity contribution in [3.8, 4) is 0 Å². The van der Waals surface area contributed by atoms with Gasteiger partial charge < -0.3 is 0 Å². The third kappa shape index (κ3) is 1.09. The molecule has 3 heteroatoms. The average molecular weight is 230 g/mol. The Kier molecular flexibility index (Phi) is 1.91. The molecule has 0 N–H and O–H groups in total. The summed E-state index contributed by atoms with van der Waals surface area (Å²) in [4.78, 5) is 25.1. The predicted octanol–water partition coefficient (Wildman–Crippen LogP) is 2.48. The molecule has 0 saturated carbocycles. The highest BCUT2D eigenvalue weighted by molar-refractivity contribution is 8.23. The molecule has 0 radical (unpaired) electrons. The van der Waals surface area contributed by atoms with Gasteiger partial charge in [0.2, 0.25) is 0 Å². The highest BCUT2D eigenvalue weighted by Gasteiger charge is 2.34. The summed E-state index contributed by atoms with van der Waals surface area (Å²) in [7, 11) is -0.584. The van der Waals surface area contributed by atoms with Gasteiger partial charge in [0, 0.05) is 16.7 Å². The largest absolute Gasteiger partial charge is 0.289 e. The maximum atomic E-state index is 12.2. The van der Waals surface area contributed by atoms with Crippen LogP contribution in [0.3, 0.4) is 0 Å². The summed E-state index contributed by atoms with van der Waals surface area (Å²) in [6.07, 6.45) is 3.81. The van der Waals surface area contributed by atoms with Gasteiger partial charge in [-0.25, -0.2) is 10.9 Å². The Labute approximate surface area is 96.0 Å². The van der Waals surface area contributed by atoms with Gasteiger partial charge in [0.15, 0.2) is 11.6 Å². The molecule has 1 aromatic rings. The minimum absolute atomic E-state index is 0.00620. The Bertz CT molecular complexity index is 581. The van der Waals surface area contributed by atoms with E-state index in [0.717, 1.165) is 4.91 Å². The fraction of sp³-hybridized carbons (Fsp3) is 0.0769. The van der Waals surface area contributed by atoms with Gasteiger partial charge in [-0.05, 0) is 17.7 Å². The number of hydrogen-bond donors (Lipinski definition) is 1. The van der Waals surface area contributed by atoms with E-state index in [1.54, 1.807) is 30.3 Å². The first-order valence-corrected chi connectivity index (χ1v) is 6.89. The molecular formula is C13H10O2S. The quantitative estimate of drug-likeness (QED) is 0.695. The predicted molar refractivity (Wildman–Crippen MR) is 66.2 cm³/mol. The summed E-state index contributed by atoms with van der Waals surface area (Å²) in [5.41, 5.74) is 1.71. The topological polar surface area (TPSA) is 34.1 Å². The van der Waals surface area contributed by atoms with Crippen LogP contribution < -0.4 is 0 Å². The molecule has 1 aromatic carbocycles. The van der Waals surface area contributed by atoms with Crippen molar-refractivity contribution in [1.82, 2.24) is 0 Å². The van der Waals surface area contributed by atoms with Gasteiger partial charge in [-0.2, -0.15) is 0 Å². The first-order valence-electron chi connectivity index (χ1n) is 5.04. The van der Waals surface area contributed by atoms with E-state index in [1.165, 1.54) is 0 Å². The number of Topliss-reactive ketones (excluding diaryl/α,β-unsaturated/α-hetero) is 2. The lowest BCUT2D eigenvalue weighted by atomic mass is 9.89. The van der Waals surface area contributed by atoms with E-state index in [4.69, 9.17) is 0 Å². The Morgan fingerprint density at radius 1 is 1.00 bits per heavy atom. The van der Waals surface area contributed by atoms with Gasteiger partial charge in [0.1, 0.15) is 0 Å². The number of carbonyl (C=O) groups is 2. The molecule has 80 valence electrons. The molecule has 2 aliphatic rings. The third-order valence-electron chi connectivity index (χ3n) is 2.95. The van der Waals surface area contributed by atoms with Crippen LogP contribution in [0.15, 0.2) is 46.2 Å². The van der Waals surface area contributed by atoms with Crippen LogP contribution >= 0.6 is 10.9 Å². The summed E-state index contributed by atoms with van der Waals surface area (Å²) >= 11 is 0. The molecule has 1 aliphatic heterocycles. The van der Waals surface area contributed by atoms with Gasteiger partial charge in [-0.15, -0.1) is 0 Å². The van der Waals surface area contributed by atoms with E-state index >= 15 is 0 Å². The SMILES string of the molecule is C[SH]1C=CC2=C1C(=O)c1ccccc1C2=O. The molecular weight excluding hydrogens is 220 g/mol. The van der Waals surface area contributed by atoms with Crippen molar-refractivity contribution in [2.75, 3.05) is 6.26 Å². The fourth-order valence-electron chi connectivity index (χ4n) is 2.15. The third-order valence-corrected chi connectivity index (χ3v) is 4.69. The van der Waals surface area contributed by atoms with Crippen LogP contribution in [-0.2, 0) is 0 Å². The van der Waals surface area contributed by atoms with Crippen LogP contribution in [0.1, 0.15) is 20.7 Å². The van der Waals surface area contributed by atoms with Gasteiger partial charge in [0.25, 0.3) is 0 Å². The standard InChI is InChI=1S/C13H10O2S/c1-16-7-6-10-11(14)8-4-2-3-5-9(8)12(15)13(10)16/h2-7,16H,1H3. The lowest BCUT2D eigenvalue weighted by molar-refractivity contribution is 0.0985. The highest BCUT2D eigenvalue weighted by atomic mass is 32.2. The molecule has 0 fully saturated rings. The summed E-state index contributed by atoms with van der Waals surface area (Å²) in [5, 5.41) is 1.97. The van der Waals surface area contributed by atoms with Crippen LogP contribution in [0.25, 0.3) is 0 Å². The second kappa shape index (κ2) is 3.19. The van der Waals surface area contributed by atoms with Crippen molar-refractivity contribution >= 4 is 22.5 Å². The van der Waals surface area contributed by atoms with E-state index < -0.39 is 10.9 Å². The lowest BCUT2D eigenvalue weighted by Crippen LogP contribution is -2.19. The number of fused-ring (bicyclic) bond motifs is 1. The van der Waals surface area contributed by atoms with Gasteiger partial charge in [-0.1, -0.05) is 24.3 Å². The summed E-state index contributed by atoms with van der Waals surface area (Å²) in [5.74, 6) is 0.0251. The molecule has 0 saturated heterocycles. The van der Waals surface area contributed by atoms with Crippen LogP contribution in [0.2, 0.25) is 0 Å². The Hall–Kier alpha value is -1.61. The molecule has 0 amide bonds. The minimum atomic E-state index is -0.584. The molecule has 16 heavy (non-hydrogen) atoms. The average Bonchev–Trinajstić information content (AvgIpc) is 2.69. The number of benzene rings is 1. The molecule has 1 atom stereocenters. The number of ketones is 2. The van der Waals surface area contributed by atoms with Crippen molar-refractivity contribution in [1.29, 1.82) is 0 Å². The van der Waals surface area contributed by atoms with Crippen LogP contribution in [0, 0.1) is 0 Å². The molecule has 1 unspecified atom stereocenters. The number of hydrogen-bond acceptors (Lipinski definition) is 2. The fourth-order valence-corrected chi connectivity index (χ4v) is 3.67. The smallest absolute Gasteiger partial charge is 0.199 e. The molecule has 3 rings (SSSR count). The minimum Gasteiger partial charge on any atom is -0.289 e. The number of allylic oxidation sites excluding steroid dienone is 3. The van der Waals surface area contributed by atoms with Crippen molar-refractivity contribution < 1.29 is 9.59 Å². The zero-order valence-electron chi connectivity index (χ0n) is 8.73. The molecule has 1 aliphatic carbocycles. The Morgan fingerprint density at radius 3 is 2.31 bits per heavy atom. The zero-order valence-corrected chi connectivity index (χ0v) is 9.62.